The third kappa shape index (κ3) is 4.38. The average molecular weight is 474 g/mol. The van der Waals surface area contributed by atoms with E-state index in [0.717, 1.165) is 54.6 Å². The lowest BCUT2D eigenvalue weighted by molar-refractivity contribution is -0.121. The highest BCUT2D eigenvalue weighted by atomic mass is 32.2. The summed E-state index contributed by atoms with van der Waals surface area (Å²) in [4.78, 5) is 26.5. The Morgan fingerprint density at radius 2 is 1.85 bits per heavy atom. The van der Waals surface area contributed by atoms with Crippen LogP contribution in [0.4, 0.5) is 11.4 Å². The number of likely N-dealkylation sites (N-methyl/N-ethyl adjacent to an activating group) is 1. The minimum absolute atomic E-state index is 0.0418. The minimum Gasteiger partial charge on any atom is -0.378 e. The maximum absolute atomic E-state index is 13.0. The number of pyridine rings is 1. The van der Waals surface area contributed by atoms with Gasteiger partial charge in [-0.05, 0) is 79.7 Å². The molecule has 4 heterocycles. The van der Waals surface area contributed by atoms with Gasteiger partial charge in [0.2, 0.25) is 0 Å². The first-order chi connectivity index (χ1) is 16.5. The first-order valence-electron chi connectivity index (χ1n) is 11.3. The fraction of sp³-hybridized carbons (Fsp3) is 0.269. The maximum Gasteiger partial charge on any atom is 0.266 e. The fourth-order valence-corrected chi connectivity index (χ4v) is 5.26. The number of nitrogens with zero attached hydrogens (tertiary/aromatic N) is 5. The second-order valence-electron chi connectivity index (χ2n) is 8.36. The van der Waals surface area contributed by atoms with Crippen LogP contribution in [0.2, 0.25) is 0 Å². The molecule has 8 heteroatoms. The van der Waals surface area contributed by atoms with Crippen molar-refractivity contribution in [1.29, 1.82) is 0 Å². The summed E-state index contributed by atoms with van der Waals surface area (Å²) in [5.74, 6) is -0.0418. The van der Waals surface area contributed by atoms with Gasteiger partial charge in [-0.2, -0.15) is 0 Å². The number of thioether (sulfide) groups is 1. The Bertz CT molecular complexity index is 1260. The van der Waals surface area contributed by atoms with Crippen molar-refractivity contribution in [2.75, 3.05) is 38.3 Å². The number of amidine groups is 1. The van der Waals surface area contributed by atoms with Gasteiger partial charge < -0.3 is 14.2 Å². The van der Waals surface area contributed by atoms with Crippen molar-refractivity contribution < 1.29 is 9.53 Å². The standard InChI is InChI=1S/C26H27N5O2S/c1-18-15-20(19(2)31(18)23-5-4-10-27-17-23)16-24-25(32)29(3)26(34-24)28-21-6-8-22(9-7-21)30-11-13-33-14-12-30/h4-10,15-17H,11-14H2,1-3H3/b24-16+,28-26?. The zero-order valence-corrected chi connectivity index (χ0v) is 20.4. The van der Waals surface area contributed by atoms with Gasteiger partial charge in [0, 0.05) is 43.4 Å². The number of morpholine rings is 1. The van der Waals surface area contributed by atoms with Gasteiger partial charge in [0.15, 0.2) is 5.17 Å². The summed E-state index contributed by atoms with van der Waals surface area (Å²) < 4.78 is 7.58. The van der Waals surface area contributed by atoms with Gasteiger partial charge in [-0.3, -0.25) is 14.7 Å². The number of ether oxygens (including phenoxy) is 1. The smallest absolute Gasteiger partial charge is 0.266 e. The van der Waals surface area contributed by atoms with Gasteiger partial charge >= 0.3 is 0 Å². The van der Waals surface area contributed by atoms with Crippen molar-refractivity contribution in [2.45, 2.75) is 13.8 Å². The van der Waals surface area contributed by atoms with E-state index in [2.05, 4.69) is 46.5 Å². The van der Waals surface area contributed by atoms with Crippen molar-refractivity contribution >= 4 is 40.3 Å². The van der Waals surface area contributed by atoms with Crippen LogP contribution >= 0.6 is 11.8 Å². The van der Waals surface area contributed by atoms with Gasteiger partial charge in [-0.25, -0.2) is 4.99 Å². The predicted molar refractivity (Wildman–Crippen MR) is 138 cm³/mol. The molecule has 1 aromatic carbocycles. The summed E-state index contributed by atoms with van der Waals surface area (Å²) in [7, 11) is 1.77. The fourth-order valence-electron chi connectivity index (χ4n) is 4.28. The van der Waals surface area contributed by atoms with E-state index in [-0.39, 0.29) is 5.91 Å². The summed E-state index contributed by atoms with van der Waals surface area (Å²) in [5.41, 5.74) is 6.18. The lowest BCUT2D eigenvalue weighted by Crippen LogP contribution is -2.36. The van der Waals surface area contributed by atoms with Crippen LogP contribution in [-0.4, -0.2) is 58.9 Å². The second-order valence-corrected chi connectivity index (χ2v) is 9.37. The summed E-state index contributed by atoms with van der Waals surface area (Å²) >= 11 is 1.41. The molecule has 0 unspecified atom stereocenters. The third-order valence-electron chi connectivity index (χ3n) is 6.12. The van der Waals surface area contributed by atoms with E-state index in [9.17, 15) is 4.79 Å². The molecule has 174 valence electrons. The number of amides is 1. The molecule has 0 N–H and O–H groups in total. The van der Waals surface area contributed by atoms with Crippen molar-refractivity contribution in [3.63, 3.8) is 0 Å². The number of carbonyl (C=O) groups excluding carboxylic acids is 1. The highest BCUT2D eigenvalue weighted by Crippen LogP contribution is 2.34. The lowest BCUT2D eigenvalue weighted by atomic mass is 10.2. The SMILES string of the molecule is Cc1cc(/C=C2/SC(=Nc3ccc(N4CCOCC4)cc3)N(C)C2=O)c(C)n1-c1cccnc1. The number of aliphatic imine (C=N–C) groups is 1. The summed E-state index contributed by atoms with van der Waals surface area (Å²) in [5, 5.41) is 0.677. The largest absolute Gasteiger partial charge is 0.378 e. The van der Waals surface area contributed by atoms with Crippen molar-refractivity contribution in [1.82, 2.24) is 14.5 Å². The van der Waals surface area contributed by atoms with E-state index in [1.807, 2.05) is 36.5 Å². The number of aryl methyl sites for hydroxylation is 1. The number of anilines is 1. The number of aromatic nitrogens is 2. The number of hydrogen-bond acceptors (Lipinski definition) is 6. The second kappa shape index (κ2) is 9.48. The van der Waals surface area contributed by atoms with Crippen molar-refractivity contribution in [3.05, 3.63) is 76.7 Å². The number of rotatable bonds is 4. The molecule has 2 saturated heterocycles. The molecular formula is C26H27N5O2S. The van der Waals surface area contributed by atoms with Crippen LogP contribution in [0.3, 0.4) is 0 Å². The number of carbonyl (C=O) groups is 1. The molecule has 3 aromatic rings. The van der Waals surface area contributed by atoms with E-state index in [0.29, 0.717) is 10.1 Å². The Morgan fingerprint density at radius 3 is 2.56 bits per heavy atom. The van der Waals surface area contributed by atoms with E-state index >= 15 is 0 Å². The van der Waals surface area contributed by atoms with E-state index in [4.69, 9.17) is 9.73 Å². The summed E-state index contributed by atoms with van der Waals surface area (Å²) in [6.07, 6.45) is 5.57. The predicted octanol–water partition coefficient (Wildman–Crippen LogP) is 4.56. The molecule has 0 spiro atoms. The first kappa shape index (κ1) is 22.4. The average Bonchev–Trinajstić information content (AvgIpc) is 3.30. The van der Waals surface area contributed by atoms with Gasteiger partial charge in [-0.15, -0.1) is 0 Å². The van der Waals surface area contributed by atoms with Crippen LogP contribution in [0.1, 0.15) is 17.0 Å². The molecule has 0 radical (unpaired) electrons. The molecule has 1 amide bonds. The lowest BCUT2D eigenvalue weighted by Gasteiger charge is -2.28. The van der Waals surface area contributed by atoms with Crippen molar-refractivity contribution in [3.8, 4) is 5.69 Å². The normalized spacial score (nSPS) is 19.0. The zero-order chi connectivity index (χ0) is 23.7. The highest BCUT2D eigenvalue weighted by molar-refractivity contribution is 8.18. The molecule has 0 saturated carbocycles. The van der Waals surface area contributed by atoms with Crippen molar-refractivity contribution in [2.24, 2.45) is 4.99 Å². The Morgan fingerprint density at radius 1 is 1.09 bits per heavy atom. The maximum atomic E-state index is 13.0. The Labute approximate surface area is 203 Å². The quantitative estimate of drug-likeness (QED) is 0.520. The molecule has 34 heavy (non-hydrogen) atoms. The molecule has 0 aliphatic carbocycles. The molecule has 5 rings (SSSR count). The van der Waals surface area contributed by atoms with Crippen LogP contribution in [0.25, 0.3) is 11.8 Å². The van der Waals surface area contributed by atoms with E-state index in [1.54, 1.807) is 18.1 Å². The summed E-state index contributed by atoms with van der Waals surface area (Å²) in [6.45, 7) is 7.43. The van der Waals surface area contributed by atoms with Gasteiger partial charge in [-0.1, -0.05) is 0 Å². The highest BCUT2D eigenvalue weighted by Gasteiger charge is 2.30. The molecule has 2 aliphatic heterocycles. The molecule has 0 bridgehead atoms. The Hall–Kier alpha value is -3.36. The molecule has 2 fully saturated rings. The number of benzene rings is 1. The van der Waals surface area contributed by atoms with Gasteiger partial charge in [0.05, 0.1) is 35.7 Å². The van der Waals surface area contributed by atoms with Crippen LogP contribution in [0, 0.1) is 13.8 Å². The van der Waals surface area contributed by atoms with Crippen LogP contribution in [-0.2, 0) is 9.53 Å². The first-order valence-corrected chi connectivity index (χ1v) is 12.1. The molecule has 7 nitrogen and oxygen atoms in total. The molecule has 2 aliphatic rings. The molecule has 0 atom stereocenters. The Kier molecular flexibility index (Phi) is 6.26. The van der Waals surface area contributed by atoms with Gasteiger partial charge in [0.25, 0.3) is 5.91 Å². The summed E-state index contributed by atoms with van der Waals surface area (Å²) in [6, 6.07) is 14.2. The number of hydrogen-bond donors (Lipinski definition) is 0. The van der Waals surface area contributed by atoms with Crippen LogP contribution < -0.4 is 4.90 Å². The monoisotopic (exact) mass is 473 g/mol. The zero-order valence-electron chi connectivity index (χ0n) is 19.6. The topological polar surface area (TPSA) is 63.0 Å². The van der Waals surface area contributed by atoms with E-state index in [1.165, 1.54) is 17.4 Å². The minimum atomic E-state index is -0.0418. The van der Waals surface area contributed by atoms with E-state index < -0.39 is 0 Å². The van der Waals surface area contributed by atoms with Crippen LogP contribution in [0.15, 0.2) is 64.8 Å². The molecular weight excluding hydrogens is 446 g/mol. The van der Waals surface area contributed by atoms with Crippen LogP contribution in [0.5, 0.6) is 0 Å². The Balaban J connectivity index is 1.38. The molecule has 2 aromatic heterocycles. The van der Waals surface area contributed by atoms with Gasteiger partial charge in [0.1, 0.15) is 0 Å². The third-order valence-corrected chi connectivity index (χ3v) is 7.18.